The van der Waals surface area contributed by atoms with Crippen molar-refractivity contribution in [2.75, 3.05) is 12.0 Å². The van der Waals surface area contributed by atoms with E-state index in [9.17, 15) is 9.59 Å². The number of thiocarbonyl (C=S) groups is 1. The van der Waals surface area contributed by atoms with E-state index < -0.39 is 11.8 Å². The number of aryl methyl sites for hydroxylation is 2. The molecule has 0 bridgehead atoms. The van der Waals surface area contributed by atoms with Crippen molar-refractivity contribution in [3.8, 4) is 23.0 Å². The van der Waals surface area contributed by atoms with Crippen LogP contribution in [0, 0.1) is 13.8 Å². The summed E-state index contributed by atoms with van der Waals surface area (Å²) in [6, 6.07) is 27.7. The molecule has 0 atom stereocenters. The summed E-state index contributed by atoms with van der Waals surface area (Å²) in [5, 5.41) is 2.63. The Morgan fingerprint density at radius 2 is 1.54 bits per heavy atom. The first-order valence-electron chi connectivity index (χ1n) is 12.9. The van der Waals surface area contributed by atoms with Gasteiger partial charge in [0.05, 0.1) is 12.8 Å². The number of ether oxygens (including phenoxy) is 3. The van der Waals surface area contributed by atoms with Crippen LogP contribution in [0.1, 0.15) is 22.3 Å². The van der Waals surface area contributed by atoms with Crippen molar-refractivity contribution >= 4 is 40.9 Å². The Labute approximate surface area is 244 Å². The molecule has 1 aliphatic heterocycles. The Bertz CT molecular complexity index is 1630. The lowest BCUT2D eigenvalue weighted by atomic mass is 10.0. The van der Waals surface area contributed by atoms with Crippen LogP contribution in [0.4, 0.5) is 5.69 Å². The van der Waals surface area contributed by atoms with Crippen LogP contribution in [-0.2, 0) is 16.2 Å². The molecule has 1 saturated heterocycles. The van der Waals surface area contributed by atoms with Crippen LogP contribution in [0.5, 0.6) is 23.0 Å². The molecule has 206 valence electrons. The number of hydrogen-bond acceptors (Lipinski definition) is 6. The highest BCUT2D eigenvalue weighted by molar-refractivity contribution is 7.80. The predicted molar refractivity (Wildman–Crippen MR) is 162 cm³/mol. The summed E-state index contributed by atoms with van der Waals surface area (Å²) in [7, 11) is 1.59. The Morgan fingerprint density at radius 3 is 2.22 bits per heavy atom. The fourth-order valence-electron chi connectivity index (χ4n) is 4.52. The smallest absolute Gasteiger partial charge is 0.270 e. The molecular weight excluding hydrogens is 536 g/mol. The zero-order chi connectivity index (χ0) is 28.9. The van der Waals surface area contributed by atoms with Gasteiger partial charge in [0.2, 0.25) is 0 Å². The quantitative estimate of drug-likeness (QED) is 0.149. The highest BCUT2D eigenvalue weighted by atomic mass is 32.1. The van der Waals surface area contributed by atoms with Gasteiger partial charge >= 0.3 is 0 Å². The third-order valence-electron chi connectivity index (χ3n) is 6.57. The Morgan fingerprint density at radius 1 is 0.854 bits per heavy atom. The van der Waals surface area contributed by atoms with Crippen LogP contribution in [0.2, 0.25) is 0 Å². The van der Waals surface area contributed by atoms with Gasteiger partial charge in [-0.15, -0.1) is 0 Å². The maximum absolute atomic E-state index is 13.5. The van der Waals surface area contributed by atoms with Crippen LogP contribution >= 0.6 is 12.2 Å². The van der Waals surface area contributed by atoms with E-state index in [-0.39, 0.29) is 17.3 Å². The maximum Gasteiger partial charge on any atom is 0.270 e. The number of para-hydroxylation sites is 2. The van der Waals surface area contributed by atoms with Gasteiger partial charge in [-0.25, -0.2) is 0 Å². The van der Waals surface area contributed by atoms with Crippen LogP contribution < -0.4 is 24.4 Å². The molecule has 4 aromatic carbocycles. The third-order valence-corrected chi connectivity index (χ3v) is 6.86. The average Bonchev–Trinajstić information content (AvgIpc) is 2.96. The van der Waals surface area contributed by atoms with E-state index in [4.69, 9.17) is 26.4 Å². The molecule has 41 heavy (non-hydrogen) atoms. The van der Waals surface area contributed by atoms with E-state index in [1.807, 2.05) is 68.4 Å². The summed E-state index contributed by atoms with van der Waals surface area (Å²) in [4.78, 5) is 27.7. The van der Waals surface area contributed by atoms with Gasteiger partial charge in [0.15, 0.2) is 5.11 Å². The Balaban J connectivity index is 1.39. The van der Waals surface area contributed by atoms with Crippen LogP contribution in [0.25, 0.3) is 6.08 Å². The van der Waals surface area contributed by atoms with Gasteiger partial charge in [0, 0.05) is 5.56 Å². The summed E-state index contributed by atoms with van der Waals surface area (Å²) >= 11 is 5.36. The number of methoxy groups -OCH3 is 1. The number of carbonyl (C=O) groups is 2. The van der Waals surface area contributed by atoms with Crippen molar-refractivity contribution in [1.82, 2.24) is 5.32 Å². The molecule has 8 heteroatoms. The van der Waals surface area contributed by atoms with Crippen molar-refractivity contribution in [2.24, 2.45) is 0 Å². The van der Waals surface area contributed by atoms with Crippen molar-refractivity contribution in [1.29, 1.82) is 0 Å². The lowest BCUT2D eigenvalue weighted by Gasteiger charge is -2.29. The summed E-state index contributed by atoms with van der Waals surface area (Å²) in [5.74, 6) is 1.65. The van der Waals surface area contributed by atoms with Gasteiger partial charge in [0.1, 0.15) is 35.2 Å². The molecule has 0 saturated carbocycles. The molecule has 0 unspecified atom stereocenters. The number of benzene rings is 4. The van der Waals surface area contributed by atoms with Gasteiger partial charge in [-0.2, -0.15) is 0 Å². The van der Waals surface area contributed by atoms with Crippen molar-refractivity contribution in [2.45, 2.75) is 20.5 Å². The summed E-state index contributed by atoms with van der Waals surface area (Å²) in [6.07, 6.45) is 1.54. The molecule has 0 radical (unpaired) electrons. The monoisotopic (exact) mass is 564 g/mol. The van der Waals surface area contributed by atoms with E-state index >= 15 is 0 Å². The molecule has 1 aliphatic rings. The van der Waals surface area contributed by atoms with Crippen LogP contribution in [0.15, 0.2) is 96.6 Å². The molecule has 5 rings (SSSR count). The fraction of sp³-hybridized carbons (Fsp3) is 0.121. The molecule has 2 amide bonds. The van der Waals surface area contributed by atoms with Crippen molar-refractivity contribution in [3.63, 3.8) is 0 Å². The lowest BCUT2D eigenvalue weighted by Crippen LogP contribution is -2.54. The first-order chi connectivity index (χ1) is 19.8. The first-order valence-corrected chi connectivity index (χ1v) is 13.3. The molecule has 4 aromatic rings. The second-order valence-electron chi connectivity index (χ2n) is 9.45. The molecule has 0 aromatic heterocycles. The third kappa shape index (κ3) is 6.13. The molecule has 0 spiro atoms. The highest BCUT2D eigenvalue weighted by Crippen LogP contribution is 2.29. The molecule has 7 nitrogen and oxygen atoms in total. The standard InChI is InChI=1S/C33H28N2O5S/c1-21-8-7-9-22(2)30(21)39-20-24-18-23(12-17-29(24)38-3)19-28-31(36)34-33(41)35(32(28)37)25-13-15-27(16-14-25)40-26-10-5-4-6-11-26/h4-19H,20H2,1-3H3,(H,34,36,41)/b28-19+. The van der Waals surface area contributed by atoms with Crippen molar-refractivity contribution < 1.29 is 23.8 Å². The summed E-state index contributed by atoms with van der Waals surface area (Å²) in [5.41, 5.74) is 3.93. The number of rotatable bonds is 8. The minimum Gasteiger partial charge on any atom is -0.496 e. The number of anilines is 1. The largest absolute Gasteiger partial charge is 0.496 e. The van der Waals surface area contributed by atoms with Crippen molar-refractivity contribution in [3.05, 3.63) is 119 Å². The van der Waals surface area contributed by atoms with Gasteiger partial charge in [-0.05, 0) is 97.4 Å². The molecule has 1 heterocycles. The zero-order valence-electron chi connectivity index (χ0n) is 22.8. The maximum atomic E-state index is 13.5. The Hall–Kier alpha value is -4.95. The SMILES string of the molecule is COc1ccc(/C=C2\C(=O)NC(=S)N(c3ccc(Oc4ccccc4)cc3)C2=O)cc1COc1c(C)cccc1C. The minimum atomic E-state index is -0.565. The minimum absolute atomic E-state index is 0.00583. The number of carbonyl (C=O) groups excluding carboxylic acids is 2. The molecular formula is C33H28N2O5S. The number of hydrogen-bond donors (Lipinski definition) is 1. The molecule has 1 fully saturated rings. The average molecular weight is 565 g/mol. The highest BCUT2D eigenvalue weighted by Gasteiger charge is 2.34. The summed E-state index contributed by atoms with van der Waals surface area (Å²) < 4.78 is 17.5. The van der Waals surface area contributed by atoms with E-state index in [1.165, 1.54) is 4.90 Å². The van der Waals surface area contributed by atoms with Crippen LogP contribution in [0.3, 0.4) is 0 Å². The predicted octanol–water partition coefficient (Wildman–Crippen LogP) is 6.51. The molecule has 0 aliphatic carbocycles. The first kappa shape index (κ1) is 27.6. The second-order valence-corrected chi connectivity index (χ2v) is 9.83. The van der Waals surface area contributed by atoms with Gasteiger partial charge < -0.3 is 14.2 Å². The van der Waals surface area contributed by atoms with E-state index in [1.54, 1.807) is 49.6 Å². The van der Waals surface area contributed by atoms with Gasteiger partial charge in [-0.3, -0.25) is 19.8 Å². The normalized spacial score (nSPS) is 14.2. The fourth-order valence-corrected chi connectivity index (χ4v) is 4.81. The summed E-state index contributed by atoms with van der Waals surface area (Å²) in [6.45, 7) is 4.24. The number of nitrogens with one attached hydrogen (secondary N) is 1. The number of nitrogens with zero attached hydrogens (tertiary/aromatic N) is 1. The van der Waals surface area contributed by atoms with E-state index in [0.717, 1.165) is 22.4 Å². The Kier molecular flexibility index (Phi) is 8.12. The topological polar surface area (TPSA) is 77.1 Å². The zero-order valence-corrected chi connectivity index (χ0v) is 23.7. The van der Waals surface area contributed by atoms with E-state index in [0.29, 0.717) is 28.5 Å². The number of amides is 2. The van der Waals surface area contributed by atoms with Gasteiger partial charge in [0.25, 0.3) is 11.8 Å². The lowest BCUT2D eigenvalue weighted by molar-refractivity contribution is -0.122. The van der Waals surface area contributed by atoms with E-state index in [2.05, 4.69) is 5.32 Å². The van der Waals surface area contributed by atoms with Gasteiger partial charge in [-0.1, -0.05) is 42.5 Å². The molecule has 1 N–H and O–H groups in total. The second kappa shape index (κ2) is 12.1. The van der Waals surface area contributed by atoms with Crippen LogP contribution in [-0.4, -0.2) is 24.0 Å².